The van der Waals surface area contributed by atoms with Gasteiger partial charge in [-0.15, -0.1) is 0 Å². The Balaban J connectivity index is 0.00000205. The maximum absolute atomic E-state index is 8.89. The molecule has 3 aromatic rings. The Morgan fingerprint density at radius 3 is 0.700 bits per heavy atom. The highest BCUT2D eigenvalue weighted by atomic mass is 32.2. The molecule has 0 radical (unpaired) electrons. The molecule has 0 N–H and O–H groups in total. The van der Waals surface area contributed by atoms with Gasteiger partial charge in [-0.3, -0.25) is 0 Å². The summed E-state index contributed by atoms with van der Waals surface area (Å²) in [5, 5.41) is 8.89. The Hall–Kier alpha value is -2.52. The van der Waals surface area contributed by atoms with E-state index < -0.39 is 5.97 Å². The van der Waals surface area contributed by atoms with E-state index in [-0.39, 0.29) is 10.9 Å². The topological polar surface area (TPSA) is 40.1 Å². The Morgan fingerprint density at radius 1 is 0.400 bits per heavy atom. The first-order valence-electron chi connectivity index (χ1n) is 20.5. The van der Waals surface area contributed by atoms with Crippen molar-refractivity contribution >= 4 is 16.9 Å². The molecule has 0 saturated heterocycles. The Kier molecular flexibility index (Phi) is 20.8. The molecule has 50 heavy (non-hydrogen) atoms. The molecule has 0 unspecified atom stereocenters. The summed E-state index contributed by atoms with van der Waals surface area (Å²) in [4.78, 5) is 14.0. The van der Waals surface area contributed by atoms with Gasteiger partial charge in [-0.1, -0.05) is 156 Å². The van der Waals surface area contributed by atoms with Crippen LogP contribution in [0.4, 0.5) is 0 Å². The molecule has 3 rings (SSSR count). The lowest BCUT2D eigenvalue weighted by atomic mass is 9.97. The molecule has 0 aliphatic carbocycles. The number of carbonyl (C=O) groups excluding carboxylic acids is 1. The van der Waals surface area contributed by atoms with E-state index in [1.165, 1.54) is 116 Å². The van der Waals surface area contributed by atoms with Crippen LogP contribution in [0.3, 0.4) is 0 Å². The number of benzene rings is 3. The van der Waals surface area contributed by atoms with Gasteiger partial charge in [0.2, 0.25) is 0 Å². The SMILES string of the molecule is CC(=O)[O-].CCCc1cc(CCC)c([S+](c2c(CCC)cc(CCC)cc2CCC)c2c(CCC)cc(CCC)cc2CCC)c(CCC)c1. The molecule has 0 atom stereocenters. The van der Waals surface area contributed by atoms with Crippen molar-refractivity contribution in [2.75, 3.05) is 0 Å². The molecule has 0 aliphatic heterocycles. The van der Waals surface area contributed by atoms with Crippen molar-refractivity contribution in [3.8, 4) is 0 Å². The van der Waals surface area contributed by atoms with Crippen LogP contribution in [0, 0.1) is 0 Å². The number of carbonyl (C=O) groups is 1. The lowest BCUT2D eigenvalue weighted by Crippen LogP contribution is -2.20. The van der Waals surface area contributed by atoms with Crippen molar-refractivity contribution in [2.24, 2.45) is 0 Å². The Bertz CT molecular complexity index is 1200. The van der Waals surface area contributed by atoms with Crippen molar-refractivity contribution in [1.82, 2.24) is 0 Å². The van der Waals surface area contributed by atoms with Crippen LogP contribution in [0.15, 0.2) is 51.1 Å². The maximum atomic E-state index is 8.89. The normalized spacial score (nSPS) is 11.2. The molecule has 2 nitrogen and oxygen atoms in total. The highest BCUT2D eigenvalue weighted by molar-refractivity contribution is 7.97. The van der Waals surface area contributed by atoms with Crippen molar-refractivity contribution in [3.63, 3.8) is 0 Å². The average Bonchev–Trinajstić information content (AvgIpc) is 3.05. The number of aliphatic carboxylic acids is 1. The monoisotopic (exact) mass is 701 g/mol. The van der Waals surface area contributed by atoms with Crippen LogP contribution < -0.4 is 5.11 Å². The third-order valence-electron chi connectivity index (χ3n) is 9.25. The third-order valence-corrected chi connectivity index (χ3v) is 12.0. The van der Waals surface area contributed by atoms with Crippen LogP contribution >= 0.6 is 0 Å². The van der Waals surface area contributed by atoms with Gasteiger partial charge in [0.05, 0.1) is 0 Å². The molecule has 3 aromatic carbocycles. The highest BCUT2D eigenvalue weighted by Gasteiger charge is 2.41. The summed E-state index contributed by atoms with van der Waals surface area (Å²) in [5.41, 5.74) is 14.5. The predicted molar refractivity (Wildman–Crippen MR) is 218 cm³/mol. The first kappa shape index (κ1) is 43.6. The van der Waals surface area contributed by atoms with Crippen LogP contribution in [0.25, 0.3) is 0 Å². The van der Waals surface area contributed by atoms with Gasteiger partial charge in [-0.25, -0.2) is 0 Å². The molecular weight excluding hydrogens is 629 g/mol. The van der Waals surface area contributed by atoms with E-state index in [1.54, 1.807) is 64.8 Å². The molecular formula is C47H72O2S. The zero-order valence-corrected chi connectivity index (χ0v) is 34.7. The van der Waals surface area contributed by atoms with E-state index in [0.717, 1.165) is 6.92 Å². The summed E-state index contributed by atoms with van der Waals surface area (Å²) in [5.74, 6) is -1.08. The first-order chi connectivity index (χ1) is 24.2. The molecule has 3 heteroatoms. The van der Waals surface area contributed by atoms with Crippen LogP contribution in [0.1, 0.15) is 177 Å². The number of aryl methyl sites for hydroxylation is 9. The van der Waals surface area contributed by atoms with Gasteiger partial charge >= 0.3 is 0 Å². The highest BCUT2D eigenvalue weighted by Crippen LogP contribution is 2.45. The molecule has 0 fully saturated rings. The quantitative estimate of drug-likeness (QED) is 0.104. The third kappa shape index (κ3) is 12.6. The summed E-state index contributed by atoms with van der Waals surface area (Å²) >= 11 is 0. The summed E-state index contributed by atoms with van der Waals surface area (Å²) in [6, 6.07) is 15.9. The summed E-state index contributed by atoms with van der Waals surface area (Å²) in [7, 11) is -0.129. The van der Waals surface area contributed by atoms with Gasteiger partial charge in [-0.05, 0) is 81.4 Å². The summed E-state index contributed by atoms with van der Waals surface area (Å²) < 4.78 is 0. The van der Waals surface area contributed by atoms with Gasteiger partial charge in [-0.2, -0.15) is 0 Å². The minimum Gasteiger partial charge on any atom is -0.550 e. The van der Waals surface area contributed by atoms with Crippen molar-refractivity contribution in [2.45, 2.75) is 199 Å². The molecule has 0 spiro atoms. The van der Waals surface area contributed by atoms with E-state index >= 15 is 0 Å². The van der Waals surface area contributed by atoms with E-state index in [0.29, 0.717) is 0 Å². The fourth-order valence-electron chi connectivity index (χ4n) is 7.60. The molecule has 0 aliphatic rings. The number of rotatable bonds is 21. The van der Waals surface area contributed by atoms with Crippen molar-refractivity contribution < 1.29 is 9.90 Å². The van der Waals surface area contributed by atoms with Crippen LogP contribution in [-0.2, 0) is 73.5 Å². The fourth-order valence-corrected chi connectivity index (χ4v) is 10.8. The smallest absolute Gasteiger partial charge is 0.172 e. The van der Waals surface area contributed by atoms with Gasteiger partial charge < -0.3 is 9.90 Å². The number of carboxylic acid groups (broad SMARTS) is 1. The zero-order valence-electron chi connectivity index (χ0n) is 33.9. The second-order valence-electron chi connectivity index (χ2n) is 14.3. The average molecular weight is 701 g/mol. The molecule has 278 valence electrons. The first-order valence-corrected chi connectivity index (χ1v) is 21.8. The summed E-state index contributed by atoms with van der Waals surface area (Å²) in [6.07, 6.45) is 21.4. The molecule has 0 amide bonds. The summed E-state index contributed by atoms with van der Waals surface area (Å²) in [6.45, 7) is 22.4. The van der Waals surface area contributed by atoms with E-state index in [1.807, 2.05) is 0 Å². The van der Waals surface area contributed by atoms with Crippen LogP contribution in [-0.4, -0.2) is 5.97 Å². The molecule has 0 aromatic heterocycles. The fraction of sp³-hybridized carbons (Fsp3) is 0.596. The lowest BCUT2D eigenvalue weighted by molar-refractivity contribution is -0.302. The van der Waals surface area contributed by atoms with E-state index in [9.17, 15) is 0 Å². The minimum atomic E-state index is -1.08. The molecule has 0 bridgehead atoms. The van der Waals surface area contributed by atoms with Crippen LogP contribution in [0.2, 0.25) is 0 Å². The van der Waals surface area contributed by atoms with Crippen LogP contribution in [0.5, 0.6) is 0 Å². The van der Waals surface area contributed by atoms with Crippen molar-refractivity contribution in [3.05, 3.63) is 86.5 Å². The number of carboxylic acids is 1. The van der Waals surface area contributed by atoms with E-state index in [4.69, 9.17) is 9.90 Å². The molecule has 0 heterocycles. The zero-order chi connectivity index (χ0) is 37.1. The van der Waals surface area contributed by atoms with Gasteiger partial charge in [0.25, 0.3) is 0 Å². The number of hydrogen-bond donors (Lipinski definition) is 0. The largest absolute Gasteiger partial charge is 0.550 e. The van der Waals surface area contributed by atoms with E-state index in [2.05, 4.69) is 98.7 Å². The maximum Gasteiger partial charge on any atom is 0.172 e. The van der Waals surface area contributed by atoms with Crippen molar-refractivity contribution in [1.29, 1.82) is 0 Å². The van der Waals surface area contributed by atoms with Gasteiger partial charge in [0, 0.05) is 39.4 Å². The second kappa shape index (κ2) is 23.9. The second-order valence-corrected chi connectivity index (χ2v) is 16.1. The predicted octanol–water partition coefficient (Wildman–Crippen LogP) is 12.1. The lowest BCUT2D eigenvalue weighted by Gasteiger charge is -2.25. The van der Waals surface area contributed by atoms with Gasteiger partial charge in [0.15, 0.2) is 14.7 Å². The standard InChI is InChI=1S/C45H69S.C2H4O2/c1-10-19-34-28-37(22-13-4)43(38(29-34)23-14-5)46(44-39(24-15-6)30-35(20-11-2)31-40(44)25-16-7)45-41(26-17-8)32-36(21-12-3)33-42(45)27-18-9;1-2(3)4/h28-33H,10-27H2,1-9H3;1H3,(H,3,4)/q+1;/p-1. The molecule has 0 saturated carbocycles. The Labute approximate surface area is 311 Å². The number of hydrogen-bond acceptors (Lipinski definition) is 2. The minimum absolute atomic E-state index is 0.129. The van der Waals surface area contributed by atoms with Gasteiger partial charge in [0.1, 0.15) is 10.9 Å². The Morgan fingerprint density at radius 2 is 0.560 bits per heavy atom.